The minimum absolute atomic E-state index is 0.145. The Morgan fingerprint density at radius 2 is 1.66 bits per heavy atom. The summed E-state index contributed by atoms with van der Waals surface area (Å²) in [6.07, 6.45) is 3.22. The van der Waals surface area contributed by atoms with Gasteiger partial charge in [0.05, 0.1) is 12.7 Å². The van der Waals surface area contributed by atoms with Crippen LogP contribution in [0.2, 0.25) is 0 Å². The van der Waals surface area contributed by atoms with Gasteiger partial charge in [-0.1, -0.05) is 6.07 Å². The molecule has 0 saturated carbocycles. The predicted octanol–water partition coefficient (Wildman–Crippen LogP) is 2.69. The van der Waals surface area contributed by atoms with Gasteiger partial charge in [0.2, 0.25) is 0 Å². The van der Waals surface area contributed by atoms with Crippen molar-refractivity contribution in [2.75, 3.05) is 44.8 Å². The molecule has 1 aliphatic heterocycles. The van der Waals surface area contributed by atoms with Crippen LogP contribution in [-0.2, 0) is 22.4 Å². The van der Waals surface area contributed by atoms with E-state index in [0.717, 1.165) is 43.8 Å². The van der Waals surface area contributed by atoms with E-state index in [2.05, 4.69) is 4.90 Å². The van der Waals surface area contributed by atoms with E-state index in [4.69, 9.17) is 9.47 Å². The lowest BCUT2D eigenvalue weighted by Crippen LogP contribution is -2.49. The first-order valence-electron chi connectivity index (χ1n) is 10.1. The van der Waals surface area contributed by atoms with Crippen LogP contribution in [-0.4, -0.2) is 56.7 Å². The maximum absolute atomic E-state index is 12.5. The van der Waals surface area contributed by atoms with E-state index in [1.807, 2.05) is 36.4 Å². The van der Waals surface area contributed by atoms with Crippen LogP contribution in [0.3, 0.4) is 0 Å². The number of fused-ring (bicyclic) bond motifs is 1. The zero-order valence-corrected chi connectivity index (χ0v) is 16.7. The monoisotopic (exact) mass is 394 g/mol. The Hall–Kier alpha value is -3.02. The maximum atomic E-state index is 12.5. The number of rotatable bonds is 5. The number of piperazine rings is 1. The van der Waals surface area contributed by atoms with Gasteiger partial charge in [-0.25, -0.2) is 4.79 Å². The van der Waals surface area contributed by atoms with Crippen LogP contribution >= 0.6 is 0 Å². The Labute approximate surface area is 171 Å². The number of esters is 1. The summed E-state index contributed by atoms with van der Waals surface area (Å²) in [6.45, 7) is 2.51. The predicted molar refractivity (Wildman–Crippen MR) is 111 cm³/mol. The molecule has 0 unspecified atom stereocenters. The van der Waals surface area contributed by atoms with Crippen LogP contribution < -0.4 is 9.64 Å². The van der Waals surface area contributed by atoms with Crippen molar-refractivity contribution in [2.45, 2.75) is 19.3 Å². The first-order valence-corrected chi connectivity index (χ1v) is 10.1. The first kappa shape index (κ1) is 19.3. The van der Waals surface area contributed by atoms with E-state index < -0.39 is 5.97 Å². The van der Waals surface area contributed by atoms with E-state index in [1.165, 1.54) is 11.1 Å². The number of carbonyl (C=O) groups excluding carboxylic acids is 2. The van der Waals surface area contributed by atoms with Crippen LogP contribution in [0.1, 0.15) is 27.9 Å². The zero-order chi connectivity index (χ0) is 20.2. The van der Waals surface area contributed by atoms with Gasteiger partial charge in [-0.05, 0) is 66.8 Å². The third-order valence-electron chi connectivity index (χ3n) is 5.73. The number of benzene rings is 2. The summed E-state index contributed by atoms with van der Waals surface area (Å²) in [7, 11) is 1.65. The Bertz CT molecular complexity index is 886. The number of hydrogen-bond acceptors (Lipinski definition) is 5. The molecule has 0 bridgehead atoms. The molecule has 1 aliphatic carbocycles. The topological polar surface area (TPSA) is 59.1 Å². The second kappa shape index (κ2) is 8.55. The number of hydrogen-bond donors (Lipinski definition) is 0. The number of carbonyl (C=O) groups is 2. The van der Waals surface area contributed by atoms with Crippen molar-refractivity contribution in [3.8, 4) is 5.75 Å². The summed E-state index contributed by atoms with van der Waals surface area (Å²) in [6, 6.07) is 13.6. The third kappa shape index (κ3) is 4.36. The van der Waals surface area contributed by atoms with E-state index in [9.17, 15) is 9.59 Å². The zero-order valence-electron chi connectivity index (χ0n) is 16.7. The number of anilines is 1. The fourth-order valence-corrected chi connectivity index (χ4v) is 4.01. The maximum Gasteiger partial charge on any atom is 0.338 e. The highest BCUT2D eigenvalue weighted by molar-refractivity contribution is 5.91. The molecule has 6 nitrogen and oxygen atoms in total. The van der Waals surface area contributed by atoms with E-state index in [0.29, 0.717) is 18.7 Å². The van der Waals surface area contributed by atoms with Crippen LogP contribution in [0.15, 0.2) is 42.5 Å². The highest BCUT2D eigenvalue weighted by atomic mass is 16.5. The summed E-state index contributed by atoms with van der Waals surface area (Å²) in [5.41, 5.74) is 4.18. The average Bonchev–Trinajstić information content (AvgIpc) is 3.25. The number of methoxy groups -OCH3 is 1. The standard InChI is InChI=1S/C23H26N2O4/c1-28-21-9-7-20(8-10-21)24-11-13-25(14-12-24)22(26)16-29-23(27)19-6-5-17-3-2-4-18(17)15-19/h5-10,15H,2-4,11-14,16H2,1H3. The Morgan fingerprint density at radius 1 is 0.931 bits per heavy atom. The summed E-state index contributed by atoms with van der Waals surface area (Å²) in [5, 5.41) is 0. The number of ether oxygens (including phenoxy) is 2. The van der Waals surface area contributed by atoms with Gasteiger partial charge in [0.15, 0.2) is 6.61 Å². The normalized spacial score (nSPS) is 15.8. The molecular formula is C23H26N2O4. The van der Waals surface area contributed by atoms with Gasteiger partial charge in [-0.3, -0.25) is 4.79 Å². The van der Waals surface area contributed by atoms with E-state index >= 15 is 0 Å². The molecule has 0 spiro atoms. The van der Waals surface area contributed by atoms with Crippen LogP contribution in [0, 0.1) is 0 Å². The molecule has 1 fully saturated rings. The molecule has 0 N–H and O–H groups in total. The van der Waals surface area contributed by atoms with Crippen LogP contribution in [0.5, 0.6) is 5.75 Å². The fourth-order valence-electron chi connectivity index (χ4n) is 4.01. The lowest BCUT2D eigenvalue weighted by molar-refractivity contribution is -0.134. The van der Waals surface area contributed by atoms with Crippen LogP contribution in [0.4, 0.5) is 5.69 Å². The molecule has 6 heteroatoms. The Balaban J connectivity index is 1.26. The summed E-state index contributed by atoms with van der Waals surface area (Å²) in [5.74, 6) is 0.256. The van der Waals surface area contributed by atoms with E-state index in [1.54, 1.807) is 18.1 Å². The Kier molecular flexibility index (Phi) is 5.69. The van der Waals surface area contributed by atoms with Crippen molar-refractivity contribution >= 4 is 17.6 Å². The molecule has 1 saturated heterocycles. The summed E-state index contributed by atoms with van der Waals surface area (Å²) in [4.78, 5) is 28.8. The second-order valence-corrected chi connectivity index (χ2v) is 7.48. The van der Waals surface area contributed by atoms with Crippen LogP contribution in [0.25, 0.3) is 0 Å². The van der Waals surface area contributed by atoms with Gasteiger partial charge in [-0.15, -0.1) is 0 Å². The van der Waals surface area contributed by atoms with Crippen molar-refractivity contribution in [1.29, 1.82) is 0 Å². The summed E-state index contributed by atoms with van der Waals surface area (Å²) >= 11 is 0. The van der Waals surface area contributed by atoms with Crippen molar-refractivity contribution in [3.05, 3.63) is 59.2 Å². The van der Waals surface area contributed by atoms with Gasteiger partial charge in [0.1, 0.15) is 5.75 Å². The highest BCUT2D eigenvalue weighted by Gasteiger charge is 2.23. The van der Waals surface area contributed by atoms with Gasteiger partial charge in [0, 0.05) is 31.9 Å². The smallest absolute Gasteiger partial charge is 0.338 e. The molecule has 0 aromatic heterocycles. The number of aryl methyl sites for hydroxylation is 2. The van der Waals surface area contributed by atoms with Crippen molar-refractivity contribution < 1.29 is 19.1 Å². The molecule has 4 rings (SSSR count). The highest BCUT2D eigenvalue weighted by Crippen LogP contribution is 2.23. The van der Waals surface area contributed by atoms with Crippen molar-refractivity contribution in [2.24, 2.45) is 0 Å². The van der Waals surface area contributed by atoms with Gasteiger partial charge in [0.25, 0.3) is 5.91 Å². The molecule has 2 aromatic carbocycles. The van der Waals surface area contributed by atoms with Gasteiger partial charge < -0.3 is 19.3 Å². The lowest BCUT2D eigenvalue weighted by atomic mass is 10.1. The molecular weight excluding hydrogens is 368 g/mol. The molecule has 29 heavy (non-hydrogen) atoms. The quantitative estimate of drug-likeness (QED) is 0.730. The number of amides is 1. The molecule has 2 aromatic rings. The molecule has 152 valence electrons. The summed E-state index contributed by atoms with van der Waals surface area (Å²) < 4.78 is 10.5. The van der Waals surface area contributed by atoms with Crippen molar-refractivity contribution in [3.63, 3.8) is 0 Å². The molecule has 1 amide bonds. The largest absolute Gasteiger partial charge is 0.497 e. The minimum atomic E-state index is -0.426. The molecule has 1 heterocycles. The van der Waals surface area contributed by atoms with E-state index in [-0.39, 0.29) is 12.5 Å². The third-order valence-corrected chi connectivity index (χ3v) is 5.73. The van der Waals surface area contributed by atoms with Gasteiger partial charge in [-0.2, -0.15) is 0 Å². The molecule has 0 atom stereocenters. The van der Waals surface area contributed by atoms with Crippen molar-refractivity contribution in [1.82, 2.24) is 4.90 Å². The lowest BCUT2D eigenvalue weighted by Gasteiger charge is -2.36. The van der Waals surface area contributed by atoms with Gasteiger partial charge >= 0.3 is 5.97 Å². The average molecular weight is 394 g/mol. The fraction of sp³-hybridized carbons (Fsp3) is 0.391. The number of nitrogens with zero attached hydrogens (tertiary/aromatic N) is 2. The molecule has 0 radical (unpaired) electrons. The SMILES string of the molecule is COc1ccc(N2CCN(C(=O)COC(=O)c3ccc4c(c3)CCC4)CC2)cc1. The molecule has 2 aliphatic rings. The minimum Gasteiger partial charge on any atom is -0.497 e. The first-order chi connectivity index (χ1) is 14.1. The second-order valence-electron chi connectivity index (χ2n) is 7.48. The Morgan fingerprint density at radius 3 is 2.38 bits per heavy atom.